The number of nitrogens with zero attached hydrogens (tertiary/aromatic N) is 1. The lowest BCUT2D eigenvalue weighted by Crippen LogP contribution is -2.41. The van der Waals surface area contributed by atoms with Crippen LogP contribution in [0.3, 0.4) is 0 Å². The number of anilines is 1. The van der Waals surface area contributed by atoms with Gasteiger partial charge in [-0.05, 0) is 24.5 Å². The molecule has 1 aromatic rings. The van der Waals surface area contributed by atoms with Gasteiger partial charge in [0.2, 0.25) is 0 Å². The highest BCUT2D eigenvalue weighted by Gasteiger charge is 2.25. The van der Waals surface area contributed by atoms with E-state index >= 15 is 0 Å². The lowest BCUT2D eigenvalue weighted by molar-refractivity contribution is -0.0180. The number of rotatable bonds is 2. The molecule has 3 N–H and O–H groups in total. The molecule has 2 aliphatic heterocycles. The van der Waals surface area contributed by atoms with Gasteiger partial charge in [-0.1, -0.05) is 6.92 Å². The van der Waals surface area contributed by atoms with E-state index in [0.29, 0.717) is 19.3 Å². The summed E-state index contributed by atoms with van der Waals surface area (Å²) in [6.07, 6.45) is 0.654. The van der Waals surface area contributed by atoms with Gasteiger partial charge in [0.05, 0.1) is 12.7 Å². The summed E-state index contributed by atoms with van der Waals surface area (Å²) in [6, 6.07) is 3.90. The Morgan fingerprint density at radius 1 is 1.45 bits per heavy atom. The molecule has 1 saturated heterocycles. The van der Waals surface area contributed by atoms with Crippen molar-refractivity contribution in [3.05, 3.63) is 23.3 Å². The second-order valence-corrected chi connectivity index (χ2v) is 5.85. The van der Waals surface area contributed by atoms with E-state index < -0.39 is 0 Å². The average Bonchev–Trinajstić information content (AvgIpc) is 2.43. The standard InChI is InChI=1S/C15H22N2O3/c1-10-6-17(3-2-14(10)18)7-11-4-13(16)5-12-8-19-9-20-15(11)12/h4-5,10,14,18H,2-3,6-9,16H2,1H3. The first kappa shape index (κ1) is 13.7. The highest BCUT2D eigenvalue weighted by Crippen LogP contribution is 2.32. The molecule has 0 aliphatic carbocycles. The predicted molar refractivity (Wildman–Crippen MR) is 76.2 cm³/mol. The zero-order chi connectivity index (χ0) is 14.1. The highest BCUT2D eigenvalue weighted by atomic mass is 16.7. The molecule has 0 aromatic heterocycles. The van der Waals surface area contributed by atoms with Gasteiger partial charge >= 0.3 is 0 Å². The topological polar surface area (TPSA) is 68.0 Å². The zero-order valence-electron chi connectivity index (χ0n) is 11.8. The monoisotopic (exact) mass is 278 g/mol. The molecular formula is C15H22N2O3. The van der Waals surface area contributed by atoms with Crippen molar-refractivity contribution in [1.82, 2.24) is 4.90 Å². The van der Waals surface area contributed by atoms with Gasteiger partial charge in [0.15, 0.2) is 6.79 Å². The van der Waals surface area contributed by atoms with Crippen LogP contribution in [-0.4, -0.2) is 36.0 Å². The van der Waals surface area contributed by atoms with E-state index in [-0.39, 0.29) is 6.10 Å². The molecule has 2 aliphatic rings. The average molecular weight is 278 g/mol. The molecule has 2 heterocycles. The zero-order valence-corrected chi connectivity index (χ0v) is 11.8. The van der Waals surface area contributed by atoms with Crippen molar-refractivity contribution in [2.45, 2.75) is 32.6 Å². The Hall–Kier alpha value is -1.30. The number of hydrogen-bond donors (Lipinski definition) is 2. The fraction of sp³-hybridized carbons (Fsp3) is 0.600. The number of nitrogens with two attached hydrogens (primary N) is 1. The molecular weight excluding hydrogens is 256 g/mol. The van der Waals surface area contributed by atoms with Gasteiger partial charge in [-0.3, -0.25) is 4.90 Å². The van der Waals surface area contributed by atoms with E-state index in [4.69, 9.17) is 15.2 Å². The number of aliphatic hydroxyl groups is 1. The molecule has 5 nitrogen and oxygen atoms in total. The van der Waals surface area contributed by atoms with Crippen molar-refractivity contribution in [2.24, 2.45) is 5.92 Å². The molecule has 0 amide bonds. The maximum Gasteiger partial charge on any atom is 0.189 e. The Morgan fingerprint density at radius 2 is 2.30 bits per heavy atom. The molecule has 3 rings (SSSR count). The second kappa shape index (κ2) is 5.60. The molecule has 110 valence electrons. The lowest BCUT2D eigenvalue weighted by Gasteiger charge is -2.35. The number of fused-ring (bicyclic) bond motifs is 1. The van der Waals surface area contributed by atoms with Crippen LogP contribution in [-0.2, 0) is 17.9 Å². The van der Waals surface area contributed by atoms with E-state index in [0.717, 1.165) is 48.6 Å². The van der Waals surface area contributed by atoms with Crippen LogP contribution in [0.5, 0.6) is 5.75 Å². The van der Waals surface area contributed by atoms with Crippen LogP contribution in [0.4, 0.5) is 5.69 Å². The Morgan fingerprint density at radius 3 is 3.10 bits per heavy atom. The van der Waals surface area contributed by atoms with Gasteiger partial charge in [0.1, 0.15) is 5.75 Å². The van der Waals surface area contributed by atoms with Crippen LogP contribution in [0.2, 0.25) is 0 Å². The third-order valence-electron chi connectivity index (χ3n) is 4.15. The summed E-state index contributed by atoms with van der Waals surface area (Å²) in [4.78, 5) is 2.35. The lowest BCUT2D eigenvalue weighted by atomic mass is 9.96. The van der Waals surface area contributed by atoms with Gasteiger partial charge in [-0.25, -0.2) is 0 Å². The van der Waals surface area contributed by atoms with Gasteiger partial charge in [0.25, 0.3) is 0 Å². The summed E-state index contributed by atoms with van der Waals surface area (Å²) < 4.78 is 10.9. The first-order chi connectivity index (χ1) is 9.63. The van der Waals surface area contributed by atoms with Crippen LogP contribution >= 0.6 is 0 Å². The third kappa shape index (κ3) is 2.75. The Bertz CT molecular complexity index is 492. The maximum absolute atomic E-state index is 9.81. The summed E-state index contributed by atoms with van der Waals surface area (Å²) in [7, 11) is 0. The number of aliphatic hydroxyl groups excluding tert-OH is 1. The predicted octanol–water partition coefficient (Wildman–Crippen LogP) is 1.34. The number of likely N-dealkylation sites (tertiary alicyclic amines) is 1. The van der Waals surface area contributed by atoms with E-state index in [1.54, 1.807) is 0 Å². The van der Waals surface area contributed by atoms with Gasteiger partial charge < -0.3 is 20.3 Å². The summed E-state index contributed by atoms with van der Waals surface area (Å²) >= 11 is 0. The first-order valence-corrected chi connectivity index (χ1v) is 7.15. The number of benzene rings is 1. The first-order valence-electron chi connectivity index (χ1n) is 7.15. The Balaban J connectivity index is 1.78. The third-order valence-corrected chi connectivity index (χ3v) is 4.15. The summed E-state index contributed by atoms with van der Waals surface area (Å²) in [5.74, 6) is 1.23. The molecule has 0 bridgehead atoms. The number of piperidine rings is 1. The fourth-order valence-corrected chi connectivity index (χ4v) is 3.05. The molecule has 0 radical (unpaired) electrons. The van der Waals surface area contributed by atoms with Gasteiger partial charge in [0, 0.05) is 36.4 Å². The largest absolute Gasteiger partial charge is 0.467 e. The highest BCUT2D eigenvalue weighted by molar-refractivity contribution is 5.53. The molecule has 1 aromatic carbocycles. The van der Waals surface area contributed by atoms with Crippen LogP contribution in [0.15, 0.2) is 12.1 Å². The summed E-state index contributed by atoms with van der Waals surface area (Å²) in [5.41, 5.74) is 8.86. The van der Waals surface area contributed by atoms with Crippen molar-refractivity contribution in [1.29, 1.82) is 0 Å². The minimum absolute atomic E-state index is 0.175. The molecule has 0 spiro atoms. The Kier molecular flexibility index (Phi) is 3.83. The molecule has 0 saturated carbocycles. The van der Waals surface area contributed by atoms with Gasteiger partial charge in [-0.2, -0.15) is 0 Å². The molecule has 5 heteroatoms. The van der Waals surface area contributed by atoms with Crippen molar-refractivity contribution in [3.8, 4) is 5.75 Å². The second-order valence-electron chi connectivity index (χ2n) is 5.85. The van der Waals surface area contributed by atoms with Crippen molar-refractivity contribution in [2.75, 3.05) is 25.6 Å². The van der Waals surface area contributed by atoms with Crippen LogP contribution in [0.1, 0.15) is 24.5 Å². The smallest absolute Gasteiger partial charge is 0.189 e. The SMILES string of the molecule is CC1CN(Cc2cc(N)cc3c2OCOC3)CCC1O. The Labute approximate surface area is 119 Å². The normalized spacial score (nSPS) is 26.9. The van der Waals surface area contributed by atoms with Crippen LogP contribution < -0.4 is 10.5 Å². The van der Waals surface area contributed by atoms with E-state index in [9.17, 15) is 5.11 Å². The van der Waals surface area contributed by atoms with E-state index in [2.05, 4.69) is 11.8 Å². The summed E-state index contributed by atoms with van der Waals surface area (Å²) in [5, 5.41) is 9.81. The van der Waals surface area contributed by atoms with E-state index in [1.165, 1.54) is 0 Å². The number of nitrogen functional groups attached to an aromatic ring is 1. The van der Waals surface area contributed by atoms with E-state index in [1.807, 2.05) is 12.1 Å². The van der Waals surface area contributed by atoms with Crippen molar-refractivity contribution < 1.29 is 14.6 Å². The van der Waals surface area contributed by atoms with Crippen molar-refractivity contribution in [3.63, 3.8) is 0 Å². The molecule has 2 unspecified atom stereocenters. The minimum Gasteiger partial charge on any atom is -0.467 e. The molecule has 20 heavy (non-hydrogen) atoms. The minimum atomic E-state index is -0.175. The number of ether oxygens (including phenoxy) is 2. The van der Waals surface area contributed by atoms with Crippen LogP contribution in [0, 0.1) is 5.92 Å². The molecule has 1 fully saturated rings. The summed E-state index contributed by atoms with van der Waals surface area (Å²) in [6.45, 7) is 5.58. The fourth-order valence-electron chi connectivity index (χ4n) is 3.05. The van der Waals surface area contributed by atoms with Gasteiger partial charge in [-0.15, -0.1) is 0 Å². The maximum atomic E-state index is 9.81. The van der Waals surface area contributed by atoms with Crippen molar-refractivity contribution >= 4 is 5.69 Å². The quantitative estimate of drug-likeness (QED) is 0.799. The number of hydrogen-bond acceptors (Lipinski definition) is 5. The molecule has 2 atom stereocenters. The van der Waals surface area contributed by atoms with Crippen LogP contribution in [0.25, 0.3) is 0 Å².